The molecule has 4 rings (SSSR count). The lowest BCUT2D eigenvalue weighted by Crippen LogP contribution is -2.45. The highest BCUT2D eigenvalue weighted by atomic mass is 16.6. The van der Waals surface area contributed by atoms with E-state index in [1.54, 1.807) is 13.0 Å². The van der Waals surface area contributed by atoms with E-state index < -0.39 is 5.60 Å². The summed E-state index contributed by atoms with van der Waals surface area (Å²) in [5.41, 5.74) is 2.57. The molecule has 2 heterocycles. The molecule has 7 heteroatoms. The number of pyridine rings is 1. The summed E-state index contributed by atoms with van der Waals surface area (Å²) in [6.07, 6.45) is 1.74. The Hall–Kier alpha value is -3.29. The molecule has 1 aliphatic rings. The number of aliphatic hydroxyl groups is 1. The number of aromatic nitrogens is 1. The summed E-state index contributed by atoms with van der Waals surface area (Å²) < 4.78 is 0. The lowest BCUT2D eigenvalue weighted by Gasteiger charge is -2.42. The predicted molar refractivity (Wildman–Crippen MR) is 134 cm³/mol. The second kappa shape index (κ2) is 10.3. The number of nitrogens with one attached hydrogen (secondary N) is 1. The standard InChI is InChI=1S/C27H32N4O3/c1-20-19-25(26(31(33)34)21(2)29-20)28-15-18-30-16-13-24(14-17-30)27(32,22-9-5-3-6-10-22)23-11-7-4-8-12-23/h3-12,19,24,32H,13-18H2,1-2H3,(H,28,29). The minimum atomic E-state index is -1.03. The third-order valence-electron chi connectivity index (χ3n) is 6.83. The van der Waals surface area contributed by atoms with Gasteiger partial charge in [-0.25, -0.2) is 0 Å². The average molecular weight is 461 g/mol. The summed E-state index contributed by atoms with van der Waals surface area (Å²) in [4.78, 5) is 17.7. The van der Waals surface area contributed by atoms with E-state index in [1.165, 1.54) is 0 Å². The van der Waals surface area contributed by atoms with Crippen molar-refractivity contribution in [3.63, 3.8) is 0 Å². The van der Waals surface area contributed by atoms with Crippen LogP contribution < -0.4 is 5.32 Å². The van der Waals surface area contributed by atoms with Crippen molar-refractivity contribution < 1.29 is 10.0 Å². The Labute approximate surface area is 200 Å². The molecule has 1 fully saturated rings. The number of hydrogen-bond acceptors (Lipinski definition) is 6. The van der Waals surface area contributed by atoms with Crippen LogP contribution in [-0.2, 0) is 5.60 Å². The van der Waals surface area contributed by atoms with Gasteiger partial charge in [-0.05, 0) is 62.9 Å². The van der Waals surface area contributed by atoms with E-state index in [0.29, 0.717) is 17.9 Å². The molecule has 0 aliphatic carbocycles. The number of piperidine rings is 1. The van der Waals surface area contributed by atoms with Crippen LogP contribution in [0.5, 0.6) is 0 Å². The van der Waals surface area contributed by atoms with Crippen molar-refractivity contribution in [2.24, 2.45) is 5.92 Å². The topological polar surface area (TPSA) is 91.5 Å². The zero-order valence-electron chi connectivity index (χ0n) is 19.8. The van der Waals surface area contributed by atoms with Crippen LogP contribution in [0.1, 0.15) is 35.4 Å². The highest BCUT2D eigenvalue weighted by Crippen LogP contribution is 2.41. The number of anilines is 1. The van der Waals surface area contributed by atoms with Gasteiger partial charge in [0.2, 0.25) is 0 Å². The van der Waals surface area contributed by atoms with Crippen molar-refractivity contribution in [3.8, 4) is 0 Å². The van der Waals surface area contributed by atoms with Crippen LogP contribution in [-0.4, -0.2) is 46.1 Å². The first-order valence-corrected chi connectivity index (χ1v) is 11.8. The summed E-state index contributed by atoms with van der Waals surface area (Å²) in [6.45, 7) is 6.63. The molecule has 0 atom stereocenters. The molecule has 1 aromatic heterocycles. The maximum atomic E-state index is 12.0. The van der Waals surface area contributed by atoms with Crippen LogP contribution in [0.2, 0.25) is 0 Å². The number of likely N-dealkylation sites (tertiary alicyclic amines) is 1. The Kier molecular flexibility index (Phi) is 7.24. The highest BCUT2D eigenvalue weighted by Gasteiger charge is 2.41. The van der Waals surface area contributed by atoms with Crippen molar-refractivity contribution in [3.05, 3.63) is 99.4 Å². The Morgan fingerprint density at radius 3 is 2.15 bits per heavy atom. The van der Waals surface area contributed by atoms with Crippen LogP contribution in [0.4, 0.5) is 11.4 Å². The van der Waals surface area contributed by atoms with E-state index in [9.17, 15) is 15.2 Å². The zero-order chi connectivity index (χ0) is 24.1. The predicted octanol–water partition coefficient (Wildman–Crippen LogP) is 4.67. The fourth-order valence-corrected chi connectivity index (χ4v) is 5.13. The van der Waals surface area contributed by atoms with Gasteiger partial charge >= 0.3 is 5.69 Å². The van der Waals surface area contributed by atoms with Crippen molar-refractivity contribution in [2.45, 2.75) is 32.3 Å². The molecule has 178 valence electrons. The first-order valence-electron chi connectivity index (χ1n) is 11.8. The van der Waals surface area contributed by atoms with Gasteiger partial charge in [0.15, 0.2) is 0 Å². The van der Waals surface area contributed by atoms with Gasteiger partial charge in [-0.2, -0.15) is 0 Å². The SMILES string of the molecule is Cc1cc(NCCN2CCC(C(O)(c3ccccc3)c3ccccc3)CC2)c([N+](=O)[O-])c(C)n1. The second-order valence-corrected chi connectivity index (χ2v) is 9.04. The van der Waals surface area contributed by atoms with Crippen molar-refractivity contribution >= 4 is 11.4 Å². The zero-order valence-corrected chi connectivity index (χ0v) is 19.8. The molecule has 3 aromatic rings. The van der Waals surface area contributed by atoms with Crippen molar-refractivity contribution in [2.75, 3.05) is 31.5 Å². The number of rotatable bonds is 8. The summed E-state index contributed by atoms with van der Waals surface area (Å²) >= 11 is 0. The van der Waals surface area contributed by atoms with Crippen LogP contribution in [0, 0.1) is 29.9 Å². The van der Waals surface area contributed by atoms with Gasteiger partial charge in [0.1, 0.15) is 17.0 Å². The fraction of sp³-hybridized carbons (Fsp3) is 0.370. The fourth-order valence-electron chi connectivity index (χ4n) is 5.13. The van der Waals surface area contributed by atoms with Crippen molar-refractivity contribution in [1.82, 2.24) is 9.88 Å². The van der Waals surface area contributed by atoms with Crippen LogP contribution in [0.25, 0.3) is 0 Å². The first kappa shape index (κ1) is 23.9. The quantitative estimate of drug-likeness (QED) is 0.375. The Bertz CT molecular complexity index is 1070. The molecule has 1 aliphatic heterocycles. The van der Waals surface area contributed by atoms with Crippen LogP contribution in [0.3, 0.4) is 0 Å². The van der Waals surface area contributed by atoms with E-state index in [2.05, 4.69) is 15.2 Å². The summed E-state index contributed by atoms with van der Waals surface area (Å²) in [5.74, 6) is 0.105. The minimum Gasteiger partial charge on any atom is -0.380 e. The molecule has 2 N–H and O–H groups in total. The molecule has 1 saturated heterocycles. The molecule has 0 radical (unpaired) electrons. The third-order valence-corrected chi connectivity index (χ3v) is 6.83. The second-order valence-electron chi connectivity index (χ2n) is 9.04. The van der Waals surface area contributed by atoms with Crippen LogP contribution in [0.15, 0.2) is 66.7 Å². The number of hydrogen-bond donors (Lipinski definition) is 2. The Morgan fingerprint density at radius 2 is 1.62 bits per heavy atom. The Balaban J connectivity index is 1.41. The number of nitrogens with zero attached hydrogens (tertiary/aromatic N) is 3. The monoisotopic (exact) mass is 460 g/mol. The number of nitro groups is 1. The lowest BCUT2D eigenvalue weighted by molar-refractivity contribution is -0.384. The molecule has 7 nitrogen and oxygen atoms in total. The summed E-state index contributed by atoms with van der Waals surface area (Å²) in [7, 11) is 0. The third kappa shape index (κ3) is 4.95. The molecule has 0 spiro atoms. The molecular weight excluding hydrogens is 428 g/mol. The number of aryl methyl sites for hydroxylation is 2. The molecule has 0 bridgehead atoms. The first-order chi connectivity index (χ1) is 16.4. The average Bonchev–Trinajstić information content (AvgIpc) is 2.84. The minimum absolute atomic E-state index is 0.0418. The molecule has 2 aromatic carbocycles. The maximum Gasteiger partial charge on any atom is 0.313 e. The van der Waals surface area contributed by atoms with E-state index >= 15 is 0 Å². The van der Waals surface area contributed by atoms with Gasteiger partial charge in [0, 0.05) is 18.8 Å². The lowest BCUT2D eigenvalue weighted by atomic mass is 9.72. The molecule has 34 heavy (non-hydrogen) atoms. The molecule has 0 saturated carbocycles. The van der Waals surface area contributed by atoms with Crippen LogP contribution >= 0.6 is 0 Å². The van der Waals surface area contributed by atoms with Gasteiger partial charge in [-0.3, -0.25) is 15.1 Å². The maximum absolute atomic E-state index is 12.0. The van der Waals surface area contributed by atoms with E-state index in [1.807, 2.05) is 67.6 Å². The van der Waals surface area contributed by atoms with E-state index in [0.717, 1.165) is 49.3 Å². The van der Waals surface area contributed by atoms with Gasteiger partial charge in [0.05, 0.1) is 4.92 Å². The Morgan fingerprint density at radius 1 is 1.06 bits per heavy atom. The highest BCUT2D eigenvalue weighted by molar-refractivity contribution is 5.64. The van der Waals surface area contributed by atoms with E-state index in [-0.39, 0.29) is 16.5 Å². The summed E-state index contributed by atoms with van der Waals surface area (Å²) in [5, 5.41) is 26.7. The smallest absolute Gasteiger partial charge is 0.313 e. The van der Waals surface area contributed by atoms with Gasteiger partial charge in [0.25, 0.3) is 0 Å². The van der Waals surface area contributed by atoms with E-state index in [4.69, 9.17) is 0 Å². The van der Waals surface area contributed by atoms with Gasteiger partial charge < -0.3 is 15.3 Å². The number of benzene rings is 2. The normalized spacial score (nSPS) is 15.3. The van der Waals surface area contributed by atoms with Gasteiger partial charge in [-0.15, -0.1) is 0 Å². The summed E-state index contributed by atoms with van der Waals surface area (Å²) in [6, 6.07) is 21.6. The molecule has 0 amide bonds. The largest absolute Gasteiger partial charge is 0.380 e. The van der Waals surface area contributed by atoms with Crippen molar-refractivity contribution in [1.29, 1.82) is 0 Å². The molecular formula is C27H32N4O3. The molecule has 0 unspecified atom stereocenters. The van der Waals surface area contributed by atoms with Gasteiger partial charge in [-0.1, -0.05) is 60.7 Å².